The second-order valence-electron chi connectivity index (χ2n) is 2.50. The van der Waals surface area contributed by atoms with Gasteiger partial charge >= 0.3 is 5.97 Å². The summed E-state index contributed by atoms with van der Waals surface area (Å²) in [4.78, 5) is 10.9. The van der Waals surface area contributed by atoms with E-state index in [0.29, 0.717) is 6.54 Å². The van der Waals surface area contributed by atoms with Gasteiger partial charge < -0.3 is 4.74 Å². The molecule has 2 N–H and O–H groups in total. The molecule has 0 aromatic carbocycles. The Morgan fingerprint density at radius 3 is 2.50 bits per heavy atom. The number of carbonyl (C=O) groups is 1. The molecule has 1 heterocycles. The third-order valence-corrected chi connectivity index (χ3v) is 1.75. The van der Waals surface area contributed by atoms with Gasteiger partial charge in [-0.2, -0.15) is 0 Å². The van der Waals surface area contributed by atoms with Gasteiger partial charge in [0.2, 0.25) is 0 Å². The van der Waals surface area contributed by atoms with Crippen molar-refractivity contribution >= 4 is 5.97 Å². The fraction of sp³-hybridized carbons (Fsp3) is 0.875. The second-order valence-corrected chi connectivity index (χ2v) is 2.50. The maximum Gasteiger partial charge on any atom is 0.310 e. The van der Waals surface area contributed by atoms with E-state index in [1.54, 1.807) is 5.01 Å². The maximum absolute atomic E-state index is 10.9. The largest absolute Gasteiger partial charge is 0.469 e. The van der Waals surface area contributed by atoms with Crippen LogP contribution in [0.1, 0.15) is 20.3 Å². The molecule has 1 fully saturated rings. The van der Waals surface area contributed by atoms with Crippen LogP contribution in [-0.2, 0) is 9.53 Å². The van der Waals surface area contributed by atoms with Crippen molar-refractivity contribution in [2.45, 2.75) is 20.3 Å². The Hall–Kier alpha value is -0.610. The second kappa shape index (κ2) is 5.97. The van der Waals surface area contributed by atoms with E-state index in [0.717, 1.165) is 13.0 Å². The first-order chi connectivity index (χ1) is 5.74. The molecule has 1 saturated heterocycles. The monoisotopic (exact) mass is 174 g/mol. The van der Waals surface area contributed by atoms with Crippen LogP contribution in [0.3, 0.4) is 0 Å². The van der Waals surface area contributed by atoms with Gasteiger partial charge in [0, 0.05) is 13.1 Å². The van der Waals surface area contributed by atoms with Crippen LogP contribution in [0.25, 0.3) is 0 Å². The molecule has 1 aliphatic rings. The summed E-state index contributed by atoms with van der Waals surface area (Å²) in [7, 11) is 1.40. The molecule has 0 bridgehead atoms. The van der Waals surface area contributed by atoms with E-state index in [2.05, 4.69) is 4.74 Å². The minimum Gasteiger partial charge on any atom is -0.469 e. The highest BCUT2D eigenvalue weighted by Gasteiger charge is 2.26. The van der Waals surface area contributed by atoms with Gasteiger partial charge in [0.05, 0.1) is 13.0 Å². The van der Waals surface area contributed by atoms with Gasteiger partial charge in [0.25, 0.3) is 0 Å². The van der Waals surface area contributed by atoms with Gasteiger partial charge in [-0.3, -0.25) is 10.6 Å². The van der Waals surface area contributed by atoms with Crippen molar-refractivity contribution in [1.29, 1.82) is 0 Å². The number of nitrogens with zero attached hydrogens (tertiary/aromatic N) is 1. The molecule has 12 heavy (non-hydrogen) atoms. The zero-order valence-corrected chi connectivity index (χ0v) is 8.04. The number of esters is 1. The first-order valence-corrected chi connectivity index (χ1v) is 4.31. The molecular weight excluding hydrogens is 156 g/mol. The SMILES string of the molecule is CC.COC(=O)C1CCN(N)C1. The number of nitrogens with two attached hydrogens (primary N) is 1. The lowest BCUT2D eigenvalue weighted by Gasteiger charge is -2.06. The number of ether oxygens (including phenoxy) is 1. The summed E-state index contributed by atoms with van der Waals surface area (Å²) in [5.41, 5.74) is 0. The van der Waals surface area contributed by atoms with Crippen molar-refractivity contribution in [3.05, 3.63) is 0 Å². The fourth-order valence-electron chi connectivity index (χ4n) is 1.15. The van der Waals surface area contributed by atoms with Crippen LogP contribution in [0, 0.1) is 5.92 Å². The van der Waals surface area contributed by atoms with Gasteiger partial charge in [-0.25, -0.2) is 5.01 Å². The molecule has 72 valence electrons. The van der Waals surface area contributed by atoms with E-state index in [1.165, 1.54) is 7.11 Å². The van der Waals surface area contributed by atoms with Crippen molar-refractivity contribution in [2.24, 2.45) is 11.8 Å². The molecule has 4 nitrogen and oxygen atoms in total. The summed E-state index contributed by atoms with van der Waals surface area (Å²) in [6, 6.07) is 0. The Morgan fingerprint density at radius 2 is 2.17 bits per heavy atom. The van der Waals surface area contributed by atoms with Gasteiger partial charge in [-0.1, -0.05) is 13.8 Å². The average molecular weight is 174 g/mol. The Kier molecular flexibility index (Phi) is 5.66. The van der Waals surface area contributed by atoms with E-state index >= 15 is 0 Å². The van der Waals surface area contributed by atoms with Crippen LogP contribution >= 0.6 is 0 Å². The Balaban J connectivity index is 0.000000561. The van der Waals surface area contributed by atoms with Crippen molar-refractivity contribution in [1.82, 2.24) is 5.01 Å². The summed E-state index contributed by atoms with van der Waals surface area (Å²) in [5.74, 6) is 5.29. The van der Waals surface area contributed by atoms with Crippen LogP contribution in [0.15, 0.2) is 0 Å². The standard InChI is InChI=1S/C6H12N2O2.C2H6/c1-10-6(9)5-2-3-8(7)4-5;1-2/h5H,2-4,7H2,1H3;1-2H3. The zero-order valence-electron chi connectivity index (χ0n) is 8.04. The molecule has 4 heteroatoms. The predicted molar refractivity (Wildman–Crippen MR) is 47.2 cm³/mol. The fourth-order valence-corrected chi connectivity index (χ4v) is 1.15. The molecule has 0 radical (unpaired) electrons. The number of methoxy groups -OCH3 is 1. The minimum absolute atomic E-state index is 0.00463. The van der Waals surface area contributed by atoms with Crippen molar-refractivity contribution in [3.8, 4) is 0 Å². The summed E-state index contributed by atoms with van der Waals surface area (Å²) < 4.78 is 4.56. The molecule has 1 aliphatic heterocycles. The lowest BCUT2D eigenvalue weighted by molar-refractivity contribution is -0.144. The van der Waals surface area contributed by atoms with Gasteiger partial charge in [-0.15, -0.1) is 0 Å². The first-order valence-electron chi connectivity index (χ1n) is 4.31. The average Bonchev–Trinajstić information content (AvgIpc) is 2.54. The van der Waals surface area contributed by atoms with E-state index in [4.69, 9.17) is 5.84 Å². The molecule has 1 rings (SSSR count). The highest BCUT2D eigenvalue weighted by molar-refractivity contribution is 5.72. The van der Waals surface area contributed by atoms with Crippen molar-refractivity contribution < 1.29 is 9.53 Å². The summed E-state index contributed by atoms with van der Waals surface area (Å²) in [6.07, 6.45) is 0.823. The Bertz CT molecular complexity index is 139. The molecule has 0 aromatic heterocycles. The third-order valence-electron chi connectivity index (χ3n) is 1.75. The number of rotatable bonds is 1. The van der Waals surface area contributed by atoms with E-state index in [1.807, 2.05) is 13.8 Å². The predicted octanol–water partition coefficient (Wildman–Crippen LogP) is 0.381. The van der Waals surface area contributed by atoms with Crippen LogP contribution in [-0.4, -0.2) is 31.2 Å². The van der Waals surface area contributed by atoms with E-state index in [-0.39, 0.29) is 11.9 Å². The minimum atomic E-state index is -0.145. The van der Waals surface area contributed by atoms with Crippen molar-refractivity contribution in [3.63, 3.8) is 0 Å². The number of hydrazine groups is 1. The highest BCUT2D eigenvalue weighted by Crippen LogP contribution is 2.13. The zero-order chi connectivity index (χ0) is 9.56. The Morgan fingerprint density at radius 1 is 1.58 bits per heavy atom. The van der Waals surface area contributed by atoms with E-state index in [9.17, 15) is 4.79 Å². The summed E-state index contributed by atoms with van der Waals surface area (Å²) in [6.45, 7) is 5.42. The molecule has 0 aromatic rings. The van der Waals surface area contributed by atoms with Crippen LogP contribution < -0.4 is 5.84 Å². The van der Waals surface area contributed by atoms with Crippen molar-refractivity contribution in [2.75, 3.05) is 20.2 Å². The molecule has 1 atom stereocenters. The molecule has 0 saturated carbocycles. The Labute approximate surface area is 73.6 Å². The van der Waals surface area contributed by atoms with Crippen LogP contribution in [0.4, 0.5) is 0 Å². The number of carbonyl (C=O) groups excluding carboxylic acids is 1. The maximum atomic E-state index is 10.9. The third kappa shape index (κ3) is 3.19. The lowest BCUT2D eigenvalue weighted by Crippen LogP contribution is -2.29. The summed E-state index contributed by atoms with van der Waals surface area (Å²) >= 11 is 0. The molecular formula is C8H18N2O2. The summed E-state index contributed by atoms with van der Waals surface area (Å²) in [5, 5.41) is 1.64. The molecule has 0 amide bonds. The van der Waals surface area contributed by atoms with E-state index < -0.39 is 0 Å². The molecule has 0 aliphatic carbocycles. The smallest absolute Gasteiger partial charge is 0.310 e. The van der Waals surface area contributed by atoms with Crippen LogP contribution in [0.5, 0.6) is 0 Å². The van der Waals surface area contributed by atoms with Crippen LogP contribution in [0.2, 0.25) is 0 Å². The first kappa shape index (κ1) is 11.4. The quantitative estimate of drug-likeness (QED) is 0.461. The highest BCUT2D eigenvalue weighted by atomic mass is 16.5. The lowest BCUT2D eigenvalue weighted by atomic mass is 10.1. The van der Waals surface area contributed by atoms with Gasteiger partial charge in [-0.05, 0) is 6.42 Å². The molecule has 1 unspecified atom stereocenters. The molecule has 0 spiro atoms. The topological polar surface area (TPSA) is 55.6 Å². The number of hydrogen-bond acceptors (Lipinski definition) is 4. The number of hydrogen-bond donors (Lipinski definition) is 1. The van der Waals surface area contributed by atoms with Gasteiger partial charge in [0.1, 0.15) is 0 Å². The normalized spacial score (nSPS) is 22.8. The van der Waals surface area contributed by atoms with Gasteiger partial charge in [0.15, 0.2) is 0 Å².